The van der Waals surface area contributed by atoms with Gasteiger partial charge in [0.15, 0.2) is 5.82 Å². The van der Waals surface area contributed by atoms with Gasteiger partial charge < -0.3 is 5.32 Å². The minimum absolute atomic E-state index is 0.757. The van der Waals surface area contributed by atoms with Gasteiger partial charge in [-0.3, -0.25) is 4.98 Å². The number of aryl methyl sites for hydroxylation is 3. The minimum Gasteiger partial charge on any atom is -0.370 e. The molecule has 0 saturated carbocycles. The molecule has 4 nitrogen and oxygen atoms in total. The van der Waals surface area contributed by atoms with Crippen molar-refractivity contribution in [3.8, 4) is 11.4 Å². The second-order valence-corrected chi connectivity index (χ2v) is 4.78. The van der Waals surface area contributed by atoms with Gasteiger partial charge in [-0.15, -0.1) is 0 Å². The summed E-state index contributed by atoms with van der Waals surface area (Å²) < 4.78 is 0. The SMILES string of the molecule is CCNc1nc(-c2cc(C)nc(C)c2)nc(C)c1C. The molecule has 0 aliphatic carbocycles. The van der Waals surface area contributed by atoms with Gasteiger partial charge >= 0.3 is 0 Å². The second kappa shape index (κ2) is 5.34. The first-order valence-corrected chi connectivity index (χ1v) is 6.56. The van der Waals surface area contributed by atoms with Crippen molar-refractivity contribution in [3.05, 3.63) is 34.8 Å². The average Bonchev–Trinajstić information content (AvgIpc) is 2.33. The van der Waals surface area contributed by atoms with Gasteiger partial charge in [-0.2, -0.15) is 0 Å². The van der Waals surface area contributed by atoms with Crippen LogP contribution in [0.5, 0.6) is 0 Å². The molecule has 0 fully saturated rings. The fraction of sp³-hybridized carbons (Fsp3) is 0.400. The van der Waals surface area contributed by atoms with Crippen molar-refractivity contribution in [1.82, 2.24) is 15.0 Å². The third-order valence-electron chi connectivity index (χ3n) is 3.07. The van der Waals surface area contributed by atoms with E-state index in [1.165, 1.54) is 0 Å². The van der Waals surface area contributed by atoms with Crippen LogP contribution in [0, 0.1) is 27.7 Å². The topological polar surface area (TPSA) is 50.7 Å². The van der Waals surface area contributed by atoms with Crippen molar-refractivity contribution in [3.63, 3.8) is 0 Å². The van der Waals surface area contributed by atoms with Crippen LogP contribution >= 0.6 is 0 Å². The molecule has 0 saturated heterocycles. The first kappa shape index (κ1) is 13.5. The summed E-state index contributed by atoms with van der Waals surface area (Å²) in [5.41, 5.74) is 5.11. The fourth-order valence-corrected chi connectivity index (χ4v) is 2.06. The van der Waals surface area contributed by atoms with Crippen molar-refractivity contribution < 1.29 is 0 Å². The van der Waals surface area contributed by atoms with E-state index in [1.807, 2.05) is 39.8 Å². The van der Waals surface area contributed by atoms with Crippen LogP contribution in [0.3, 0.4) is 0 Å². The first-order valence-electron chi connectivity index (χ1n) is 6.56. The highest BCUT2D eigenvalue weighted by molar-refractivity contribution is 5.60. The molecule has 100 valence electrons. The van der Waals surface area contributed by atoms with E-state index >= 15 is 0 Å². The lowest BCUT2D eigenvalue weighted by Gasteiger charge is -2.11. The largest absolute Gasteiger partial charge is 0.370 e. The van der Waals surface area contributed by atoms with E-state index in [0.29, 0.717) is 0 Å². The quantitative estimate of drug-likeness (QED) is 0.916. The Bertz CT molecular complexity index is 585. The summed E-state index contributed by atoms with van der Waals surface area (Å²) in [4.78, 5) is 13.6. The van der Waals surface area contributed by atoms with Crippen LogP contribution in [0.15, 0.2) is 12.1 Å². The fourth-order valence-electron chi connectivity index (χ4n) is 2.06. The molecule has 0 spiro atoms. The monoisotopic (exact) mass is 256 g/mol. The molecule has 0 aromatic carbocycles. The Morgan fingerprint density at radius 2 is 1.58 bits per heavy atom. The predicted molar refractivity (Wildman–Crippen MR) is 78.4 cm³/mol. The summed E-state index contributed by atoms with van der Waals surface area (Å²) >= 11 is 0. The van der Waals surface area contributed by atoms with Crippen molar-refractivity contribution in [2.75, 3.05) is 11.9 Å². The molecule has 1 N–H and O–H groups in total. The van der Waals surface area contributed by atoms with Crippen molar-refractivity contribution in [2.45, 2.75) is 34.6 Å². The van der Waals surface area contributed by atoms with E-state index in [0.717, 1.165) is 46.4 Å². The van der Waals surface area contributed by atoms with Gasteiger partial charge in [0, 0.05) is 34.8 Å². The van der Waals surface area contributed by atoms with Gasteiger partial charge in [-0.25, -0.2) is 9.97 Å². The Morgan fingerprint density at radius 3 is 2.16 bits per heavy atom. The van der Waals surface area contributed by atoms with Gasteiger partial charge in [0.2, 0.25) is 0 Å². The van der Waals surface area contributed by atoms with Gasteiger partial charge in [0.05, 0.1) is 0 Å². The Hall–Kier alpha value is -1.97. The summed E-state index contributed by atoms with van der Waals surface area (Å²) in [7, 11) is 0. The van der Waals surface area contributed by atoms with Gasteiger partial charge in [0.1, 0.15) is 5.82 Å². The van der Waals surface area contributed by atoms with Crippen LogP contribution in [0.2, 0.25) is 0 Å². The summed E-state index contributed by atoms with van der Waals surface area (Å²) in [5.74, 6) is 1.67. The molecule has 0 unspecified atom stereocenters. The zero-order valence-electron chi connectivity index (χ0n) is 12.2. The molecule has 4 heteroatoms. The number of pyridine rings is 1. The molecule has 0 radical (unpaired) electrons. The van der Waals surface area contributed by atoms with Crippen LogP contribution < -0.4 is 5.32 Å². The van der Waals surface area contributed by atoms with Crippen molar-refractivity contribution in [1.29, 1.82) is 0 Å². The maximum Gasteiger partial charge on any atom is 0.161 e. The van der Waals surface area contributed by atoms with Crippen molar-refractivity contribution >= 4 is 5.82 Å². The zero-order valence-corrected chi connectivity index (χ0v) is 12.2. The first-order chi connectivity index (χ1) is 9.01. The van der Waals surface area contributed by atoms with E-state index in [2.05, 4.69) is 27.2 Å². The Labute approximate surface area is 114 Å². The summed E-state index contributed by atoms with van der Waals surface area (Å²) in [6.07, 6.45) is 0. The number of aromatic nitrogens is 3. The number of anilines is 1. The molecule has 19 heavy (non-hydrogen) atoms. The Balaban J connectivity index is 2.55. The van der Waals surface area contributed by atoms with Gasteiger partial charge in [-0.1, -0.05) is 0 Å². The molecular weight excluding hydrogens is 236 g/mol. The second-order valence-electron chi connectivity index (χ2n) is 4.78. The smallest absolute Gasteiger partial charge is 0.161 e. The number of rotatable bonds is 3. The van der Waals surface area contributed by atoms with Crippen LogP contribution in [0.4, 0.5) is 5.82 Å². The molecule has 0 atom stereocenters. The molecule has 0 bridgehead atoms. The molecule has 2 aromatic rings. The van der Waals surface area contributed by atoms with E-state index in [4.69, 9.17) is 0 Å². The minimum atomic E-state index is 0.757. The van der Waals surface area contributed by atoms with Crippen molar-refractivity contribution in [2.24, 2.45) is 0 Å². The van der Waals surface area contributed by atoms with E-state index in [-0.39, 0.29) is 0 Å². The average molecular weight is 256 g/mol. The molecule has 0 amide bonds. The highest BCUT2D eigenvalue weighted by Crippen LogP contribution is 2.22. The molecule has 0 aliphatic rings. The van der Waals surface area contributed by atoms with Crippen LogP contribution in [0.25, 0.3) is 11.4 Å². The normalized spacial score (nSPS) is 10.6. The van der Waals surface area contributed by atoms with Crippen LogP contribution in [-0.4, -0.2) is 21.5 Å². The molecule has 0 aliphatic heterocycles. The molecular formula is C15H20N4. The number of nitrogens with zero attached hydrogens (tertiary/aromatic N) is 3. The van der Waals surface area contributed by atoms with E-state index in [1.54, 1.807) is 0 Å². The Kier molecular flexibility index (Phi) is 3.79. The number of nitrogens with one attached hydrogen (secondary N) is 1. The summed E-state index contributed by atoms with van der Waals surface area (Å²) in [6, 6.07) is 4.04. The zero-order chi connectivity index (χ0) is 14.0. The molecule has 2 heterocycles. The van der Waals surface area contributed by atoms with E-state index < -0.39 is 0 Å². The highest BCUT2D eigenvalue weighted by Gasteiger charge is 2.10. The lowest BCUT2D eigenvalue weighted by atomic mass is 10.1. The van der Waals surface area contributed by atoms with Gasteiger partial charge in [0.25, 0.3) is 0 Å². The maximum absolute atomic E-state index is 4.63. The summed E-state index contributed by atoms with van der Waals surface area (Å²) in [6.45, 7) is 11.0. The van der Waals surface area contributed by atoms with Crippen LogP contribution in [-0.2, 0) is 0 Å². The highest BCUT2D eigenvalue weighted by atomic mass is 15.0. The number of hydrogen-bond acceptors (Lipinski definition) is 4. The van der Waals surface area contributed by atoms with E-state index in [9.17, 15) is 0 Å². The lowest BCUT2D eigenvalue weighted by molar-refractivity contribution is 1.04. The van der Waals surface area contributed by atoms with Gasteiger partial charge in [-0.05, 0) is 46.8 Å². The number of hydrogen-bond donors (Lipinski definition) is 1. The predicted octanol–water partition coefficient (Wildman–Crippen LogP) is 3.20. The maximum atomic E-state index is 4.63. The Morgan fingerprint density at radius 1 is 0.947 bits per heavy atom. The summed E-state index contributed by atoms with van der Waals surface area (Å²) in [5, 5.41) is 3.29. The third-order valence-corrected chi connectivity index (χ3v) is 3.07. The third kappa shape index (κ3) is 2.89. The van der Waals surface area contributed by atoms with Crippen LogP contribution in [0.1, 0.15) is 29.6 Å². The molecule has 2 aromatic heterocycles. The molecule has 2 rings (SSSR count). The lowest BCUT2D eigenvalue weighted by Crippen LogP contribution is -2.06. The standard InChI is InChI=1S/C15H20N4/c1-6-16-14-11(4)12(5)18-15(19-14)13-7-9(2)17-10(3)8-13/h7-8H,6H2,1-5H3,(H,16,18,19).